The van der Waals surface area contributed by atoms with Gasteiger partial charge in [0, 0.05) is 23.9 Å². The summed E-state index contributed by atoms with van der Waals surface area (Å²) in [5.74, 6) is 0.136. The first-order valence-electron chi connectivity index (χ1n) is 5.42. The number of allylic oxidation sites excluding steroid dienone is 2. The molecular weight excluding hydrogens is 220 g/mol. The summed E-state index contributed by atoms with van der Waals surface area (Å²) in [5.41, 5.74) is 1.85. The molecule has 0 saturated heterocycles. The number of benzene rings is 1. The summed E-state index contributed by atoms with van der Waals surface area (Å²) in [7, 11) is 0. The molecule has 5 heteroatoms. The molecule has 0 amide bonds. The first-order valence-corrected chi connectivity index (χ1v) is 5.42. The summed E-state index contributed by atoms with van der Waals surface area (Å²) in [6.45, 7) is 0. The fraction of sp³-hybridized carbons (Fsp3) is 0.250. The number of nitrogens with zero attached hydrogens (tertiary/aromatic N) is 1. The van der Waals surface area contributed by atoms with Gasteiger partial charge < -0.3 is 15.8 Å². The largest absolute Gasteiger partial charge is 0.733 e. The summed E-state index contributed by atoms with van der Waals surface area (Å²) < 4.78 is 0. The summed E-state index contributed by atoms with van der Waals surface area (Å²) >= 11 is 0. The molecule has 1 aromatic carbocycles. The van der Waals surface area contributed by atoms with E-state index in [1.165, 1.54) is 12.1 Å². The molecular formula is C12H13N2O3-. The number of carbonyl (C=O) groups excluding carboxylic acids is 1. The molecule has 0 heterocycles. The minimum atomic E-state index is -0.187. The van der Waals surface area contributed by atoms with Crippen molar-refractivity contribution in [3.63, 3.8) is 0 Å². The van der Waals surface area contributed by atoms with E-state index in [1.807, 2.05) is 0 Å². The van der Waals surface area contributed by atoms with Crippen molar-refractivity contribution in [3.8, 4) is 0 Å². The van der Waals surface area contributed by atoms with Gasteiger partial charge in [-0.05, 0) is 37.1 Å². The van der Waals surface area contributed by atoms with Crippen molar-refractivity contribution in [1.29, 1.82) is 0 Å². The van der Waals surface area contributed by atoms with Crippen LogP contribution in [0.3, 0.4) is 0 Å². The molecule has 17 heavy (non-hydrogen) atoms. The van der Waals surface area contributed by atoms with E-state index < -0.39 is 0 Å². The Morgan fingerprint density at radius 3 is 2.53 bits per heavy atom. The highest BCUT2D eigenvalue weighted by Crippen LogP contribution is 2.21. The van der Waals surface area contributed by atoms with E-state index in [-0.39, 0.29) is 16.7 Å². The lowest BCUT2D eigenvalue weighted by molar-refractivity contribution is -0.115. The van der Waals surface area contributed by atoms with E-state index in [2.05, 4.69) is 5.32 Å². The first kappa shape index (κ1) is 11.6. The van der Waals surface area contributed by atoms with Crippen LogP contribution in [0.4, 0.5) is 11.4 Å². The van der Waals surface area contributed by atoms with Crippen LogP contribution in [0.15, 0.2) is 36.0 Å². The third-order valence-corrected chi connectivity index (χ3v) is 2.60. The normalized spacial score (nSPS) is 15.4. The lowest BCUT2D eigenvalue weighted by Crippen LogP contribution is -2.09. The molecule has 0 aromatic heterocycles. The Hall–Kier alpha value is -1.85. The van der Waals surface area contributed by atoms with Gasteiger partial charge >= 0.3 is 0 Å². The molecule has 0 unspecified atom stereocenters. The van der Waals surface area contributed by atoms with Crippen molar-refractivity contribution < 1.29 is 10.0 Å². The topological polar surface area (TPSA) is 75.6 Å². The predicted molar refractivity (Wildman–Crippen MR) is 64.6 cm³/mol. The maximum absolute atomic E-state index is 11.2. The summed E-state index contributed by atoms with van der Waals surface area (Å²) in [6.07, 6.45) is 3.94. The van der Waals surface area contributed by atoms with Crippen LogP contribution in [-0.2, 0) is 4.79 Å². The van der Waals surface area contributed by atoms with E-state index in [9.17, 15) is 10.0 Å². The highest BCUT2D eigenvalue weighted by atomic mass is 16.8. The number of hydrogen-bond donors (Lipinski definition) is 2. The Morgan fingerprint density at radius 1 is 1.24 bits per heavy atom. The van der Waals surface area contributed by atoms with E-state index in [0.717, 1.165) is 24.2 Å². The molecule has 0 fully saturated rings. The average molecular weight is 233 g/mol. The first-order chi connectivity index (χ1) is 8.15. The van der Waals surface area contributed by atoms with Crippen LogP contribution in [0.2, 0.25) is 0 Å². The fourth-order valence-electron chi connectivity index (χ4n) is 1.75. The molecule has 0 saturated carbocycles. The van der Waals surface area contributed by atoms with Crippen molar-refractivity contribution >= 4 is 17.2 Å². The lowest BCUT2D eigenvalue weighted by Gasteiger charge is -2.22. The zero-order valence-electron chi connectivity index (χ0n) is 9.22. The van der Waals surface area contributed by atoms with Gasteiger partial charge in [-0.15, -0.1) is 0 Å². The van der Waals surface area contributed by atoms with Gasteiger partial charge in [-0.3, -0.25) is 10.0 Å². The Balaban J connectivity index is 2.06. The van der Waals surface area contributed by atoms with Crippen molar-refractivity contribution in [3.05, 3.63) is 41.2 Å². The number of nitrogens with one attached hydrogen (secondary N) is 1. The smallest absolute Gasteiger partial charge is 0.157 e. The molecule has 2 rings (SSSR count). The minimum Gasteiger partial charge on any atom is -0.733 e. The van der Waals surface area contributed by atoms with Crippen LogP contribution >= 0.6 is 0 Å². The molecule has 90 valence electrons. The van der Waals surface area contributed by atoms with E-state index in [4.69, 9.17) is 5.21 Å². The van der Waals surface area contributed by atoms with Gasteiger partial charge in [-0.1, -0.05) is 0 Å². The molecule has 2 N–H and O–H groups in total. The monoisotopic (exact) mass is 233 g/mol. The summed E-state index contributed by atoms with van der Waals surface area (Å²) in [4.78, 5) is 11.2. The van der Waals surface area contributed by atoms with Crippen LogP contribution < -0.4 is 10.5 Å². The third kappa shape index (κ3) is 3.05. The van der Waals surface area contributed by atoms with Gasteiger partial charge in [0.15, 0.2) is 5.78 Å². The Bertz CT molecular complexity index is 438. The van der Waals surface area contributed by atoms with Crippen LogP contribution in [0.1, 0.15) is 19.3 Å². The van der Waals surface area contributed by atoms with Crippen molar-refractivity contribution in [2.75, 3.05) is 10.5 Å². The van der Waals surface area contributed by atoms with Gasteiger partial charge in [0.05, 0.1) is 5.69 Å². The maximum atomic E-state index is 11.2. The minimum absolute atomic E-state index is 0.136. The number of ketones is 1. The van der Waals surface area contributed by atoms with Crippen molar-refractivity contribution in [1.82, 2.24) is 0 Å². The van der Waals surface area contributed by atoms with Crippen molar-refractivity contribution in [2.45, 2.75) is 19.3 Å². The van der Waals surface area contributed by atoms with Crippen LogP contribution in [0.5, 0.6) is 0 Å². The van der Waals surface area contributed by atoms with Crippen LogP contribution in [0.25, 0.3) is 0 Å². The predicted octanol–water partition coefficient (Wildman–Crippen LogP) is 2.43. The number of rotatable bonds is 3. The van der Waals surface area contributed by atoms with Crippen molar-refractivity contribution in [2.24, 2.45) is 0 Å². The molecule has 0 atom stereocenters. The van der Waals surface area contributed by atoms with E-state index in [1.54, 1.807) is 18.2 Å². The SMILES string of the molecule is O=C1C=C(Nc2ccc(N([O-])O)cc2)CCC1. The second-order valence-corrected chi connectivity index (χ2v) is 3.93. The molecule has 1 aliphatic rings. The van der Waals surface area contributed by atoms with E-state index in [0.29, 0.717) is 6.42 Å². The zero-order chi connectivity index (χ0) is 12.3. The Kier molecular flexibility index (Phi) is 3.41. The Morgan fingerprint density at radius 2 is 1.94 bits per heavy atom. The highest BCUT2D eigenvalue weighted by Gasteiger charge is 2.09. The molecule has 0 spiro atoms. The molecule has 1 aromatic rings. The van der Waals surface area contributed by atoms with Gasteiger partial charge in [-0.2, -0.15) is 0 Å². The van der Waals surface area contributed by atoms with Gasteiger partial charge in [0.1, 0.15) is 0 Å². The fourth-order valence-corrected chi connectivity index (χ4v) is 1.75. The van der Waals surface area contributed by atoms with Crippen LogP contribution in [0, 0.1) is 5.21 Å². The third-order valence-electron chi connectivity index (χ3n) is 2.60. The summed E-state index contributed by atoms with van der Waals surface area (Å²) in [6, 6.07) is 6.35. The highest BCUT2D eigenvalue weighted by molar-refractivity contribution is 5.91. The lowest BCUT2D eigenvalue weighted by atomic mass is 10.0. The molecule has 0 aliphatic heterocycles. The number of hydrogen-bond acceptors (Lipinski definition) is 5. The van der Waals surface area contributed by atoms with Gasteiger partial charge in [0.25, 0.3) is 0 Å². The van der Waals surface area contributed by atoms with E-state index >= 15 is 0 Å². The number of anilines is 2. The Labute approximate surface area is 98.9 Å². The van der Waals surface area contributed by atoms with Gasteiger partial charge in [-0.25, -0.2) is 0 Å². The second kappa shape index (κ2) is 4.99. The van der Waals surface area contributed by atoms with Crippen LogP contribution in [-0.4, -0.2) is 11.0 Å². The molecule has 1 aliphatic carbocycles. The molecule has 5 nitrogen and oxygen atoms in total. The number of carbonyl (C=O) groups is 1. The maximum Gasteiger partial charge on any atom is 0.157 e. The molecule has 0 radical (unpaired) electrons. The second-order valence-electron chi connectivity index (χ2n) is 3.93. The average Bonchev–Trinajstić information content (AvgIpc) is 2.29. The quantitative estimate of drug-likeness (QED) is 0.784. The molecule has 0 bridgehead atoms. The summed E-state index contributed by atoms with van der Waals surface area (Å²) in [5, 5.41) is 22.2. The van der Waals surface area contributed by atoms with Gasteiger partial charge in [0.2, 0.25) is 0 Å². The zero-order valence-corrected chi connectivity index (χ0v) is 9.22. The standard InChI is InChI=1S/C12H13N2O3/c15-12-3-1-2-10(8-12)13-9-4-6-11(7-5-9)14(16)17/h4-8,13,16H,1-3H2/q-1.